The van der Waals surface area contributed by atoms with E-state index < -0.39 is 0 Å². The van der Waals surface area contributed by atoms with E-state index >= 15 is 0 Å². The monoisotopic (exact) mass is 179 g/mol. The Labute approximate surface area is 79.5 Å². The predicted molar refractivity (Wildman–Crippen MR) is 51.9 cm³/mol. The van der Waals surface area contributed by atoms with Gasteiger partial charge in [0.25, 0.3) is 0 Å². The van der Waals surface area contributed by atoms with Gasteiger partial charge in [-0.1, -0.05) is 26.0 Å². The number of methoxy groups -OCH3 is 1. The molecule has 0 aliphatic heterocycles. The van der Waals surface area contributed by atoms with Gasteiger partial charge in [0.1, 0.15) is 5.75 Å². The lowest BCUT2D eigenvalue weighted by molar-refractivity contribution is 0.0502. The smallest absolute Gasteiger partial charge is 0.188 e. The van der Waals surface area contributed by atoms with Crippen molar-refractivity contribution in [3.63, 3.8) is 0 Å². The zero-order valence-corrected chi connectivity index (χ0v) is 8.33. The van der Waals surface area contributed by atoms with Gasteiger partial charge in [-0.3, -0.25) is 0 Å². The first kappa shape index (κ1) is 10.1. The summed E-state index contributed by atoms with van der Waals surface area (Å²) in [5, 5.41) is 0. The highest BCUT2D eigenvalue weighted by Crippen LogP contribution is 2.25. The highest BCUT2D eigenvalue weighted by molar-refractivity contribution is 5.34. The number of hydrogen-bond donors (Lipinski definition) is 0. The maximum atomic E-state index is 5.39. The van der Waals surface area contributed by atoms with E-state index in [2.05, 4.69) is 19.9 Å². The van der Waals surface area contributed by atoms with E-state index in [9.17, 15) is 0 Å². The fraction of sp³-hybridized carbons (Fsp3) is 0.455. The largest absolute Gasteiger partial charge is 0.467 e. The maximum absolute atomic E-state index is 5.39. The van der Waals surface area contributed by atoms with E-state index in [0.717, 1.165) is 5.75 Å². The Bertz CT molecular complexity index is 256. The van der Waals surface area contributed by atoms with Gasteiger partial charge < -0.3 is 9.47 Å². The summed E-state index contributed by atoms with van der Waals surface area (Å²) in [5.74, 6) is 1.32. The topological polar surface area (TPSA) is 18.5 Å². The fourth-order valence-corrected chi connectivity index (χ4v) is 1.15. The molecule has 0 bridgehead atoms. The minimum absolute atomic E-state index is 0.289. The van der Waals surface area contributed by atoms with E-state index in [1.807, 2.05) is 18.2 Å². The van der Waals surface area contributed by atoms with Crippen LogP contribution in [0.25, 0.3) is 0 Å². The lowest BCUT2D eigenvalue weighted by Crippen LogP contribution is -2.02. The second-order valence-corrected chi connectivity index (χ2v) is 3.17. The normalized spacial score (nSPS) is 10.5. The van der Waals surface area contributed by atoms with Gasteiger partial charge in [-0.05, 0) is 23.6 Å². The minimum atomic E-state index is 0.289. The SMILES string of the molecule is COCOc1c[c]ccc1C(C)C. The van der Waals surface area contributed by atoms with Crippen LogP contribution >= 0.6 is 0 Å². The van der Waals surface area contributed by atoms with Crippen LogP contribution in [0.1, 0.15) is 25.3 Å². The molecular formula is C11H15O2. The molecule has 0 aliphatic rings. The van der Waals surface area contributed by atoms with Crippen molar-refractivity contribution >= 4 is 0 Å². The summed E-state index contributed by atoms with van der Waals surface area (Å²) >= 11 is 0. The summed E-state index contributed by atoms with van der Waals surface area (Å²) in [4.78, 5) is 0. The number of rotatable bonds is 4. The molecule has 2 heteroatoms. The molecule has 0 unspecified atom stereocenters. The summed E-state index contributed by atoms with van der Waals surface area (Å²) in [5.41, 5.74) is 1.19. The van der Waals surface area contributed by atoms with E-state index in [1.165, 1.54) is 5.56 Å². The van der Waals surface area contributed by atoms with Crippen LogP contribution in [-0.2, 0) is 4.74 Å². The van der Waals surface area contributed by atoms with Gasteiger partial charge in [0.05, 0.1) is 0 Å². The van der Waals surface area contributed by atoms with Crippen molar-refractivity contribution in [2.45, 2.75) is 19.8 Å². The molecule has 71 valence electrons. The van der Waals surface area contributed by atoms with Crippen molar-refractivity contribution in [1.29, 1.82) is 0 Å². The summed E-state index contributed by atoms with van der Waals surface area (Å²) in [6.45, 7) is 4.56. The summed E-state index contributed by atoms with van der Waals surface area (Å²) in [6.07, 6.45) is 0. The molecule has 0 spiro atoms. The zero-order chi connectivity index (χ0) is 9.68. The lowest BCUT2D eigenvalue weighted by Gasteiger charge is -2.12. The average molecular weight is 179 g/mol. The maximum Gasteiger partial charge on any atom is 0.188 e. The Morgan fingerprint density at radius 3 is 2.85 bits per heavy atom. The Balaban J connectivity index is 2.78. The van der Waals surface area contributed by atoms with Crippen molar-refractivity contribution in [2.75, 3.05) is 13.9 Å². The molecule has 13 heavy (non-hydrogen) atoms. The molecule has 1 radical (unpaired) electrons. The van der Waals surface area contributed by atoms with Gasteiger partial charge in [0, 0.05) is 7.11 Å². The minimum Gasteiger partial charge on any atom is -0.467 e. The van der Waals surface area contributed by atoms with Crippen molar-refractivity contribution in [1.82, 2.24) is 0 Å². The quantitative estimate of drug-likeness (QED) is 0.661. The fourth-order valence-electron chi connectivity index (χ4n) is 1.15. The predicted octanol–water partition coefficient (Wildman–Crippen LogP) is 2.59. The molecule has 0 atom stereocenters. The number of ether oxygens (including phenoxy) is 2. The standard InChI is InChI=1S/C11H15O2/c1-9(2)10-6-4-5-7-11(10)13-8-12-3/h4,6-7,9H,8H2,1-3H3. The first-order valence-electron chi connectivity index (χ1n) is 4.37. The van der Waals surface area contributed by atoms with Crippen molar-refractivity contribution < 1.29 is 9.47 Å². The summed E-state index contributed by atoms with van der Waals surface area (Å²) in [6, 6.07) is 8.75. The Morgan fingerprint density at radius 1 is 1.46 bits per heavy atom. The molecule has 1 aromatic rings. The van der Waals surface area contributed by atoms with Crippen LogP contribution in [0, 0.1) is 6.07 Å². The Hall–Kier alpha value is -1.02. The first-order chi connectivity index (χ1) is 6.25. The Kier molecular flexibility index (Phi) is 3.77. The Morgan fingerprint density at radius 2 is 2.23 bits per heavy atom. The van der Waals surface area contributed by atoms with E-state index in [0.29, 0.717) is 5.92 Å². The van der Waals surface area contributed by atoms with E-state index in [1.54, 1.807) is 7.11 Å². The van der Waals surface area contributed by atoms with Crippen LogP contribution in [0.5, 0.6) is 5.75 Å². The molecule has 0 amide bonds. The van der Waals surface area contributed by atoms with Crippen molar-refractivity contribution in [2.24, 2.45) is 0 Å². The summed E-state index contributed by atoms with van der Waals surface area (Å²) in [7, 11) is 1.61. The number of hydrogen-bond acceptors (Lipinski definition) is 2. The molecule has 0 saturated heterocycles. The second-order valence-electron chi connectivity index (χ2n) is 3.17. The van der Waals surface area contributed by atoms with Gasteiger partial charge >= 0.3 is 0 Å². The van der Waals surface area contributed by atoms with Gasteiger partial charge in [-0.2, -0.15) is 0 Å². The highest BCUT2D eigenvalue weighted by atomic mass is 16.7. The molecule has 0 N–H and O–H groups in total. The molecule has 2 nitrogen and oxygen atoms in total. The van der Waals surface area contributed by atoms with Gasteiger partial charge in [-0.25, -0.2) is 0 Å². The van der Waals surface area contributed by atoms with Crippen LogP contribution in [0.4, 0.5) is 0 Å². The molecule has 0 saturated carbocycles. The molecule has 0 aromatic heterocycles. The molecule has 0 heterocycles. The van der Waals surface area contributed by atoms with Crippen molar-refractivity contribution in [3.05, 3.63) is 29.8 Å². The van der Waals surface area contributed by atoms with Crippen molar-refractivity contribution in [3.8, 4) is 5.75 Å². The first-order valence-corrected chi connectivity index (χ1v) is 4.37. The van der Waals surface area contributed by atoms with Crippen LogP contribution in [0.2, 0.25) is 0 Å². The van der Waals surface area contributed by atoms with E-state index in [-0.39, 0.29) is 6.79 Å². The lowest BCUT2D eigenvalue weighted by atomic mass is 10.0. The third kappa shape index (κ3) is 2.74. The van der Waals surface area contributed by atoms with Crippen LogP contribution in [0.15, 0.2) is 18.2 Å². The highest BCUT2D eigenvalue weighted by Gasteiger charge is 2.05. The molecular weight excluding hydrogens is 164 g/mol. The second kappa shape index (κ2) is 4.87. The van der Waals surface area contributed by atoms with E-state index in [4.69, 9.17) is 9.47 Å². The van der Waals surface area contributed by atoms with Crippen LogP contribution < -0.4 is 4.74 Å². The van der Waals surface area contributed by atoms with Gasteiger partial charge in [-0.15, -0.1) is 0 Å². The molecule has 1 aromatic carbocycles. The number of benzene rings is 1. The zero-order valence-electron chi connectivity index (χ0n) is 8.33. The molecule has 0 aliphatic carbocycles. The summed E-state index contributed by atoms with van der Waals surface area (Å²) < 4.78 is 10.2. The molecule has 0 fully saturated rings. The average Bonchev–Trinajstić information content (AvgIpc) is 2.15. The molecule has 1 rings (SSSR count). The van der Waals surface area contributed by atoms with Gasteiger partial charge in [0.15, 0.2) is 6.79 Å². The van der Waals surface area contributed by atoms with Gasteiger partial charge in [0.2, 0.25) is 0 Å². The third-order valence-corrected chi connectivity index (χ3v) is 1.81. The van der Waals surface area contributed by atoms with Crippen LogP contribution in [-0.4, -0.2) is 13.9 Å². The third-order valence-electron chi connectivity index (χ3n) is 1.81. The van der Waals surface area contributed by atoms with Crippen LogP contribution in [0.3, 0.4) is 0 Å².